The Bertz CT molecular complexity index is 465. The molecular formula is C15H20FNO3. The van der Waals surface area contributed by atoms with Crippen molar-refractivity contribution in [2.75, 3.05) is 0 Å². The summed E-state index contributed by atoms with van der Waals surface area (Å²) in [6.07, 6.45) is 0.00126. The van der Waals surface area contributed by atoms with Crippen LogP contribution in [0.1, 0.15) is 39.2 Å². The topological polar surface area (TPSA) is 55.4 Å². The third-order valence-corrected chi connectivity index (χ3v) is 2.76. The molecule has 0 radical (unpaired) electrons. The predicted molar refractivity (Wildman–Crippen MR) is 74.0 cm³/mol. The Morgan fingerprint density at radius 1 is 1.30 bits per heavy atom. The molecule has 0 spiro atoms. The van der Waals surface area contributed by atoms with Gasteiger partial charge in [0.15, 0.2) is 0 Å². The Labute approximate surface area is 118 Å². The molecule has 110 valence electrons. The molecule has 5 heteroatoms. The maximum atomic E-state index is 12.9. The number of ether oxygens (including phenoxy) is 1. The van der Waals surface area contributed by atoms with Crippen LogP contribution in [0.3, 0.4) is 0 Å². The van der Waals surface area contributed by atoms with Gasteiger partial charge in [0.25, 0.3) is 0 Å². The number of rotatable bonds is 4. The van der Waals surface area contributed by atoms with Crippen LogP contribution in [0.4, 0.5) is 9.18 Å². The largest absolute Gasteiger partial charge is 0.444 e. The highest BCUT2D eigenvalue weighted by molar-refractivity contribution is 5.74. The summed E-state index contributed by atoms with van der Waals surface area (Å²) < 4.78 is 18.0. The lowest BCUT2D eigenvalue weighted by Crippen LogP contribution is -2.42. The van der Waals surface area contributed by atoms with Gasteiger partial charge in [-0.1, -0.05) is 19.1 Å². The van der Waals surface area contributed by atoms with Gasteiger partial charge < -0.3 is 14.8 Å². The summed E-state index contributed by atoms with van der Waals surface area (Å²) >= 11 is 0. The maximum Gasteiger partial charge on any atom is 0.408 e. The Hall–Kier alpha value is -1.91. The fraction of sp³-hybridized carbons (Fsp3) is 0.467. The van der Waals surface area contributed by atoms with Gasteiger partial charge in [0.05, 0.1) is 6.04 Å². The zero-order chi connectivity index (χ0) is 15.3. The molecule has 20 heavy (non-hydrogen) atoms. The summed E-state index contributed by atoms with van der Waals surface area (Å²) in [6.45, 7) is 7.01. The minimum atomic E-state index is -0.727. The Balaban J connectivity index is 2.73. The summed E-state index contributed by atoms with van der Waals surface area (Å²) in [5.74, 6) is -0.621. The van der Waals surface area contributed by atoms with E-state index in [0.29, 0.717) is 6.29 Å². The Morgan fingerprint density at radius 2 is 1.85 bits per heavy atom. The van der Waals surface area contributed by atoms with Gasteiger partial charge in [-0.25, -0.2) is 9.18 Å². The van der Waals surface area contributed by atoms with Crippen molar-refractivity contribution in [2.24, 2.45) is 0 Å². The number of alkyl carbamates (subject to hydrolysis) is 1. The average Bonchev–Trinajstić information content (AvgIpc) is 2.34. The lowest BCUT2D eigenvalue weighted by atomic mass is 9.94. The molecule has 0 bridgehead atoms. The highest BCUT2D eigenvalue weighted by Crippen LogP contribution is 2.19. The molecule has 2 atom stereocenters. The van der Waals surface area contributed by atoms with Crippen LogP contribution in [0.15, 0.2) is 24.3 Å². The molecule has 0 aromatic heterocycles. The molecule has 0 fully saturated rings. The fourth-order valence-electron chi connectivity index (χ4n) is 1.69. The van der Waals surface area contributed by atoms with Crippen molar-refractivity contribution in [1.82, 2.24) is 5.32 Å². The van der Waals surface area contributed by atoms with Gasteiger partial charge in [0.2, 0.25) is 0 Å². The van der Waals surface area contributed by atoms with Gasteiger partial charge in [0.1, 0.15) is 17.7 Å². The minimum Gasteiger partial charge on any atom is -0.444 e. The maximum absolute atomic E-state index is 12.9. The van der Waals surface area contributed by atoms with Gasteiger partial charge in [-0.15, -0.1) is 0 Å². The number of nitrogens with one attached hydrogen (secondary N) is 1. The van der Waals surface area contributed by atoms with E-state index in [9.17, 15) is 14.0 Å². The highest BCUT2D eigenvalue weighted by Gasteiger charge is 2.23. The van der Waals surface area contributed by atoms with Crippen molar-refractivity contribution in [3.8, 4) is 0 Å². The zero-order valence-corrected chi connectivity index (χ0v) is 12.1. The molecule has 1 rings (SSSR count). The highest BCUT2D eigenvalue weighted by atomic mass is 19.1. The van der Waals surface area contributed by atoms with E-state index in [4.69, 9.17) is 4.74 Å². The monoisotopic (exact) mass is 281 g/mol. The molecule has 0 aliphatic rings. The molecule has 0 saturated carbocycles. The molecule has 1 aromatic carbocycles. The van der Waals surface area contributed by atoms with E-state index in [1.165, 1.54) is 12.1 Å². The zero-order valence-electron chi connectivity index (χ0n) is 12.1. The number of hydrogen-bond donors (Lipinski definition) is 1. The second-order valence-electron chi connectivity index (χ2n) is 5.65. The number of amides is 1. The Morgan fingerprint density at radius 3 is 2.30 bits per heavy atom. The van der Waals surface area contributed by atoms with Crippen LogP contribution in [-0.2, 0) is 9.53 Å². The van der Waals surface area contributed by atoms with E-state index in [-0.39, 0.29) is 11.7 Å². The van der Waals surface area contributed by atoms with Gasteiger partial charge >= 0.3 is 6.09 Å². The minimum absolute atomic E-state index is 0.277. The van der Waals surface area contributed by atoms with E-state index in [0.717, 1.165) is 5.56 Å². The lowest BCUT2D eigenvalue weighted by molar-refractivity contribution is -0.110. The number of aldehydes is 1. The van der Waals surface area contributed by atoms with E-state index < -0.39 is 17.7 Å². The van der Waals surface area contributed by atoms with Crippen molar-refractivity contribution in [2.45, 2.75) is 45.3 Å². The van der Waals surface area contributed by atoms with Crippen LogP contribution in [-0.4, -0.2) is 24.0 Å². The van der Waals surface area contributed by atoms with E-state index >= 15 is 0 Å². The van der Waals surface area contributed by atoms with E-state index in [1.807, 2.05) is 0 Å². The molecule has 0 heterocycles. The van der Waals surface area contributed by atoms with Crippen molar-refractivity contribution < 1.29 is 18.7 Å². The Kier molecular flexibility index (Phi) is 5.25. The predicted octanol–water partition coefficient (Wildman–Crippen LogP) is 3.02. The molecule has 1 aromatic rings. The summed E-state index contributed by atoms with van der Waals surface area (Å²) in [7, 11) is 0. The molecule has 4 nitrogen and oxygen atoms in total. The van der Waals surface area contributed by atoms with Crippen LogP contribution >= 0.6 is 0 Å². The van der Waals surface area contributed by atoms with E-state index in [2.05, 4.69) is 5.32 Å². The average molecular weight is 281 g/mol. The first-order valence-corrected chi connectivity index (χ1v) is 6.43. The van der Waals surface area contributed by atoms with Crippen LogP contribution in [0.2, 0.25) is 0 Å². The standard InChI is InChI=1S/C15H20FNO3/c1-10(11-5-7-12(16)8-6-11)13(9-18)17-14(19)20-15(2,3)4/h5-10,13H,1-4H3,(H,17,19). The number of hydrogen-bond acceptors (Lipinski definition) is 3. The number of carbonyl (C=O) groups excluding carboxylic acids is 2. The fourth-order valence-corrected chi connectivity index (χ4v) is 1.69. The SMILES string of the molecule is CC(c1ccc(F)cc1)C(C=O)NC(=O)OC(C)(C)C. The van der Waals surface area contributed by atoms with Crippen LogP contribution in [0, 0.1) is 5.82 Å². The third kappa shape index (κ3) is 4.99. The molecule has 0 saturated heterocycles. The second kappa shape index (κ2) is 6.50. The number of carbonyl (C=O) groups is 2. The molecular weight excluding hydrogens is 261 g/mol. The molecule has 2 unspecified atom stereocenters. The molecule has 1 amide bonds. The summed E-state index contributed by atoms with van der Waals surface area (Å²) in [5, 5.41) is 2.51. The van der Waals surface area contributed by atoms with Gasteiger partial charge in [0, 0.05) is 5.92 Å². The quantitative estimate of drug-likeness (QED) is 0.863. The van der Waals surface area contributed by atoms with Crippen LogP contribution in [0.5, 0.6) is 0 Å². The first-order valence-electron chi connectivity index (χ1n) is 6.43. The first kappa shape index (κ1) is 16.1. The van der Waals surface area contributed by atoms with Gasteiger partial charge in [-0.05, 0) is 38.5 Å². The summed E-state index contributed by atoms with van der Waals surface area (Å²) in [5.41, 5.74) is 0.135. The van der Waals surface area contributed by atoms with Crippen molar-refractivity contribution >= 4 is 12.4 Å². The van der Waals surface area contributed by atoms with Crippen molar-refractivity contribution in [3.05, 3.63) is 35.6 Å². The van der Waals surface area contributed by atoms with Gasteiger partial charge in [-0.3, -0.25) is 0 Å². The molecule has 0 aliphatic carbocycles. The van der Waals surface area contributed by atoms with E-state index in [1.54, 1.807) is 39.8 Å². The lowest BCUT2D eigenvalue weighted by Gasteiger charge is -2.24. The van der Waals surface area contributed by atoms with Crippen LogP contribution in [0.25, 0.3) is 0 Å². The molecule has 0 aliphatic heterocycles. The summed E-state index contributed by atoms with van der Waals surface area (Å²) in [6, 6.07) is 5.10. The third-order valence-electron chi connectivity index (χ3n) is 2.76. The van der Waals surface area contributed by atoms with Crippen molar-refractivity contribution in [1.29, 1.82) is 0 Å². The smallest absolute Gasteiger partial charge is 0.408 e. The normalized spacial score (nSPS) is 14.2. The van der Waals surface area contributed by atoms with Gasteiger partial charge in [-0.2, -0.15) is 0 Å². The van der Waals surface area contributed by atoms with Crippen LogP contribution < -0.4 is 5.32 Å². The second-order valence-corrected chi connectivity index (χ2v) is 5.65. The molecule has 1 N–H and O–H groups in total. The van der Waals surface area contributed by atoms with Crippen molar-refractivity contribution in [3.63, 3.8) is 0 Å². The number of benzene rings is 1. The first-order chi connectivity index (χ1) is 9.23. The number of halogens is 1. The summed E-state index contributed by atoms with van der Waals surface area (Å²) in [4.78, 5) is 22.8.